The highest BCUT2D eigenvalue weighted by Gasteiger charge is 2.38. The van der Waals surface area contributed by atoms with Gasteiger partial charge >= 0.3 is 0 Å². The zero-order valence-electron chi connectivity index (χ0n) is 15.6. The summed E-state index contributed by atoms with van der Waals surface area (Å²) in [6, 6.07) is 11.2. The second-order valence-electron chi connectivity index (χ2n) is 6.65. The number of carbonyl (C=O) groups excluding carboxylic acids is 2. The third-order valence-corrected chi connectivity index (χ3v) is 4.49. The summed E-state index contributed by atoms with van der Waals surface area (Å²) in [6.07, 6.45) is 0. The highest BCUT2D eigenvalue weighted by molar-refractivity contribution is 6.06. The Morgan fingerprint density at radius 3 is 2.50 bits per heavy atom. The van der Waals surface area contributed by atoms with Gasteiger partial charge in [0, 0.05) is 12.5 Å². The largest absolute Gasteiger partial charge is 0.494 e. The van der Waals surface area contributed by atoms with Gasteiger partial charge in [-0.2, -0.15) is 0 Å². The van der Waals surface area contributed by atoms with Crippen LogP contribution in [-0.2, 0) is 16.1 Å². The Kier molecular flexibility index (Phi) is 4.98. The van der Waals surface area contributed by atoms with Crippen LogP contribution in [0.4, 0.5) is 5.69 Å². The number of carbonyl (C=O) groups is 2. The Hall–Kier alpha value is -2.82. The molecule has 0 radical (unpaired) electrons. The van der Waals surface area contributed by atoms with E-state index in [1.165, 1.54) is 6.92 Å². The molecule has 0 aliphatic carbocycles. The van der Waals surface area contributed by atoms with E-state index < -0.39 is 6.04 Å². The van der Waals surface area contributed by atoms with Crippen molar-refractivity contribution >= 4 is 17.5 Å². The molecular formula is C21H24N2O3. The minimum absolute atomic E-state index is 0.0993. The average molecular weight is 352 g/mol. The molecule has 1 atom stereocenters. The van der Waals surface area contributed by atoms with Crippen LogP contribution in [0.3, 0.4) is 0 Å². The molecule has 0 saturated carbocycles. The summed E-state index contributed by atoms with van der Waals surface area (Å²) in [5.41, 5.74) is 4.89. The van der Waals surface area contributed by atoms with Crippen molar-refractivity contribution in [2.45, 2.75) is 40.3 Å². The van der Waals surface area contributed by atoms with E-state index in [1.807, 2.05) is 51.1 Å². The molecule has 0 saturated heterocycles. The van der Waals surface area contributed by atoms with Crippen LogP contribution in [0.2, 0.25) is 0 Å². The average Bonchev–Trinajstić information content (AvgIpc) is 2.82. The minimum atomic E-state index is -0.621. The molecule has 5 heteroatoms. The molecule has 0 fully saturated rings. The van der Waals surface area contributed by atoms with Crippen LogP contribution < -0.4 is 15.0 Å². The van der Waals surface area contributed by atoms with Gasteiger partial charge in [0.2, 0.25) is 5.91 Å². The zero-order chi connectivity index (χ0) is 18.8. The number of nitrogens with zero attached hydrogens (tertiary/aromatic N) is 1. The van der Waals surface area contributed by atoms with Crippen molar-refractivity contribution in [1.82, 2.24) is 5.32 Å². The van der Waals surface area contributed by atoms with Crippen molar-refractivity contribution in [1.29, 1.82) is 0 Å². The smallest absolute Gasteiger partial charge is 0.254 e. The Labute approximate surface area is 154 Å². The Balaban J connectivity index is 1.95. The molecule has 2 aromatic rings. The summed E-state index contributed by atoms with van der Waals surface area (Å²) in [6.45, 7) is 8.45. The van der Waals surface area contributed by atoms with E-state index in [-0.39, 0.29) is 11.8 Å². The predicted molar refractivity (Wildman–Crippen MR) is 101 cm³/mol. The second kappa shape index (κ2) is 7.20. The maximum absolute atomic E-state index is 13.0. The molecule has 1 aliphatic heterocycles. The summed E-state index contributed by atoms with van der Waals surface area (Å²) < 4.78 is 5.47. The lowest BCUT2D eigenvalue weighted by atomic mass is 10.0. The van der Waals surface area contributed by atoms with Gasteiger partial charge in [0.25, 0.3) is 5.91 Å². The van der Waals surface area contributed by atoms with Crippen molar-refractivity contribution in [2.75, 3.05) is 11.5 Å². The Bertz CT molecular complexity index is 843. The molecular weight excluding hydrogens is 328 g/mol. The van der Waals surface area contributed by atoms with Gasteiger partial charge in [-0.05, 0) is 44.0 Å². The third kappa shape index (κ3) is 3.43. The number of ether oxygens (including phenoxy) is 1. The summed E-state index contributed by atoms with van der Waals surface area (Å²) in [7, 11) is 0. The maximum Gasteiger partial charge on any atom is 0.254 e. The highest BCUT2D eigenvalue weighted by Crippen LogP contribution is 2.40. The zero-order valence-corrected chi connectivity index (χ0v) is 15.6. The number of benzene rings is 2. The first-order chi connectivity index (χ1) is 12.4. The fourth-order valence-electron chi connectivity index (χ4n) is 3.52. The van der Waals surface area contributed by atoms with Crippen molar-refractivity contribution in [3.8, 4) is 5.75 Å². The summed E-state index contributed by atoms with van der Waals surface area (Å²) in [4.78, 5) is 26.4. The van der Waals surface area contributed by atoms with E-state index in [4.69, 9.17) is 4.74 Å². The maximum atomic E-state index is 13.0. The lowest BCUT2D eigenvalue weighted by Crippen LogP contribution is -2.36. The lowest BCUT2D eigenvalue weighted by Gasteiger charge is -2.20. The van der Waals surface area contributed by atoms with Crippen LogP contribution in [-0.4, -0.2) is 18.4 Å². The quantitative estimate of drug-likeness (QED) is 0.897. The van der Waals surface area contributed by atoms with Crippen LogP contribution in [0.1, 0.15) is 42.1 Å². The number of nitrogens with one attached hydrogen (secondary N) is 1. The van der Waals surface area contributed by atoms with Gasteiger partial charge in [-0.3, -0.25) is 9.59 Å². The molecule has 2 aromatic carbocycles. The first kappa shape index (κ1) is 18.0. The number of hydrogen-bond acceptors (Lipinski definition) is 3. The second-order valence-corrected chi connectivity index (χ2v) is 6.65. The van der Waals surface area contributed by atoms with Crippen LogP contribution >= 0.6 is 0 Å². The number of fused-ring (bicyclic) bond motifs is 1. The molecule has 5 nitrogen and oxygen atoms in total. The molecule has 1 heterocycles. The molecule has 2 amide bonds. The van der Waals surface area contributed by atoms with Gasteiger partial charge < -0.3 is 15.0 Å². The standard InChI is InChI=1S/C21H24N2O3/c1-5-26-17-8-6-16(7-9-17)12-23-20-14(3)10-13(2)11-18(20)19(21(23)25)22-15(4)24/h6-11,19H,5,12H2,1-4H3,(H,22,24). The predicted octanol–water partition coefficient (Wildman–Crippen LogP) is 3.43. The van der Waals surface area contributed by atoms with Gasteiger partial charge in [-0.1, -0.05) is 29.8 Å². The van der Waals surface area contributed by atoms with E-state index in [0.717, 1.165) is 33.7 Å². The van der Waals surface area contributed by atoms with Crippen LogP contribution in [0.15, 0.2) is 36.4 Å². The van der Waals surface area contributed by atoms with Gasteiger partial charge in [-0.15, -0.1) is 0 Å². The van der Waals surface area contributed by atoms with Crippen molar-refractivity contribution in [3.05, 3.63) is 58.7 Å². The normalized spacial score (nSPS) is 15.8. The van der Waals surface area contributed by atoms with Gasteiger partial charge in [-0.25, -0.2) is 0 Å². The highest BCUT2D eigenvalue weighted by atomic mass is 16.5. The first-order valence-electron chi connectivity index (χ1n) is 8.82. The lowest BCUT2D eigenvalue weighted by molar-refractivity contribution is -0.126. The summed E-state index contributed by atoms with van der Waals surface area (Å²) >= 11 is 0. The first-order valence-corrected chi connectivity index (χ1v) is 8.82. The molecule has 1 unspecified atom stereocenters. The van der Waals surface area contributed by atoms with Crippen molar-refractivity contribution in [2.24, 2.45) is 0 Å². The molecule has 136 valence electrons. The van der Waals surface area contributed by atoms with Crippen LogP contribution in [0.25, 0.3) is 0 Å². The van der Waals surface area contributed by atoms with Gasteiger partial charge in [0.05, 0.1) is 18.8 Å². The summed E-state index contributed by atoms with van der Waals surface area (Å²) in [5, 5.41) is 2.79. The van der Waals surface area contributed by atoms with Crippen LogP contribution in [0.5, 0.6) is 5.75 Å². The number of hydrogen-bond donors (Lipinski definition) is 1. The van der Waals surface area contributed by atoms with E-state index in [2.05, 4.69) is 11.4 Å². The minimum Gasteiger partial charge on any atom is -0.494 e. The topological polar surface area (TPSA) is 58.6 Å². The van der Waals surface area contributed by atoms with E-state index in [9.17, 15) is 9.59 Å². The van der Waals surface area contributed by atoms with E-state index >= 15 is 0 Å². The third-order valence-electron chi connectivity index (χ3n) is 4.49. The molecule has 1 N–H and O–H groups in total. The van der Waals surface area contributed by atoms with Crippen molar-refractivity contribution < 1.29 is 14.3 Å². The van der Waals surface area contributed by atoms with Gasteiger partial charge in [0.15, 0.2) is 0 Å². The van der Waals surface area contributed by atoms with E-state index in [1.54, 1.807) is 4.90 Å². The molecule has 26 heavy (non-hydrogen) atoms. The number of aryl methyl sites for hydroxylation is 2. The van der Waals surface area contributed by atoms with Crippen LogP contribution in [0, 0.1) is 13.8 Å². The monoisotopic (exact) mass is 352 g/mol. The SMILES string of the molecule is CCOc1ccc(CN2C(=O)C(NC(C)=O)c3cc(C)cc(C)c32)cc1. The molecule has 0 spiro atoms. The molecule has 1 aliphatic rings. The number of amides is 2. The fraction of sp³-hybridized carbons (Fsp3) is 0.333. The Morgan fingerprint density at radius 1 is 1.19 bits per heavy atom. The van der Waals surface area contributed by atoms with E-state index in [0.29, 0.717) is 13.2 Å². The van der Waals surface area contributed by atoms with Gasteiger partial charge in [0.1, 0.15) is 11.8 Å². The molecule has 0 bridgehead atoms. The molecule has 0 aromatic heterocycles. The summed E-state index contributed by atoms with van der Waals surface area (Å²) in [5.74, 6) is 0.501. The fourth-order valence-corrected chi connectivity index (χ4v) is 3.52. The number of anilines is 1. The Morgan fingerprint density at radius 2 is 1.88 bits per heavy atom. The molecule has 3 rings (SSSR count). The van der Waals surface area contributed by atoms with Crippen molar-refractivity contribution in [3.63, 3.8) is 0 Å². The number of rotatable bonds is 5.